The minimum absolute atomic E-state index is 0.565. The summed E-state index contributed by atoms with van der Waals surface area (Å²) in [4.78, 5) is 3.79. The van der Waals surface area contributed by atoms with Gasteiger partial charge in [-0.1, -0.05) is 0 Å². The van der Waals surface area contributed by atoms with E-state index in [1.807, 2.05) is 0 Å². The van der Waals surface area contributed by atoms with Gasteiger partial charge in [-0.3, -0.25) is 4.99 Å². The average Bonchev–Trinajstić information content (AvgIpc) is 1.94. The highest BCUT2D eigenvalue weighted by atomic mass is 16.5. The second-order valence-corrected chi connectivity index (χ2v) is 1.34. The van der Waals surface area contributed by atoms with Crippen molar-refractivity contribution in [2.75, 3.05) is 0 Å². The van der Waals surface area contributed by atoms with Crippen molar-refractivity contribution in [1.82, 2.24) is 0 Å². The fourth-order valence-electron chi connectivity index (χ4n) is 0.368. The third-order valence-electron chi connectivity index (χ3n) is 0.689. The molecule has 41 valence electrons. The fourth-order valence-corrected chi connectivity index (χ4v) is 0.368. The molecule has 0 fully saturated rings. The maximum absolute atomic E-state index is 4.85. The van der Waals surface area contributed by atoms with E-state index in [2.05, 4.69) is 11.9 Å². The van der Waals surface area contributed by atoms with Crippen LogP contribution in [0.4, 0.5) is 0 Å². The summed E-state index contributed by atoms with van der Waals surface area (Å²) < 4.78 is 4.85. The van der Waals surface area contributed by atoms with E-state index in [-0.39, 0.29) is 0 Å². The molecule has 0 saturated carbocycles. The molecule has 0 saturated heterocycles. The molecular weight excluding hydrogens is 102 g/mol. The molecule has 8 heavy (non-hydrogen) atoms. The Morgan fingerprint density at radius 2 is 2.50 bits per heavy atom. The van der Waals surface area contributed by atoms with Crippen molar-refractivity contribution < 1.29 is 4.74 Å². The SMILES string of the molecule is [CH2]C1=CN=CC=CO1. The Bertz CT molecular complexity index is 156. The van der Waals surface area contributed by atoms with Crippen LogP contribution in [0.15, 0.2) is 29.3 Å². The molecule has 0 aromatic carbocycles. The highest BCUT2D eigenvalue weighted by Gasteiger charge is 1.84. The molecule has 0 aliphatic carbocycles. The lowest BCUT2D eigenvalue weighted by Gasteiger charge is -1.91. The summed E-state index contributed by atoms with van der Waals surface area (Å²) in [6.45, 7) is 3.53. The predicted octanol–water partition coefficient (Wildman–Crippen LogP) is 1.28. The smallest absolute Gasteiger partial charge is 0.122 e. The van der Waals surface area contributed by atoms with Gasteiger partial charge in [-0.05, 0) is 6.08 Å². The summed E-state index contributed by atoms with van der Waals surface area (Å²) in [5.41, 5.74) is 0. The highest BCUT2D eigenvalue weighted by Crippen LogP contribution is 1.97. The second-order valence-electron chi connectivity index (χ2n) is 1.34. The number of rotatable bonds is 0. The maximum Gasteiger partial charge on any atom is 0.122 e. The van der Waals surface area contributed by atoms with Crippen molar-refractivity contribution in [1.29, 1.82) is 0 Å². The molecule has 1 aliphatic rings. The topological polar surface area (TPSA) is 21.6 Å². The van der Waals surface area contributed by atoms with Gasteiger partial charge in [0.25, 0.3) is 0 Å². The molecule has 0 bridgehead atoms. The van der Waals surface area contributed by atoms with Crippen molar-refractivity contribution in [2.24, 2.45) is 4.99 Å². The Morgan fingerprint density at radius 1 is 1.62 bits per heavy atom. The number of hydrogen-bond donors (Lipinski definition) is 0. The van der Waals surface area contributed by atoms with Crippen LogP contribution in [-0.4, -0.2) is 6.21 Å². The Kier molecular flexibility index (Phi) is 1.47. The van der Waals surface area contributed by atoms with Gasteiger partial charge < -0.3 is 4.74 Å². The van der Waals surface area contributed by atoms with Crippen LogP contribution in [0, 0.1) is 6.92 Å². The Hall–Kier alpha value is -1.05. The Morgan fingerprint density at radius 3 is 3.38 bits per heavy atom. The molecule has 0 amide bonds. The molecule has 1 radical (unpaired) electrons. The fraction of sp³-hybridized carbons (Fsp3) is 0. The first kappa shape index (κ1) is 5.09. The molecule has 0 N–H and O–H groups in total. The van der Waals surface area contributed by atoms with Gasteiger partial charge in [-0.2, -0.15) is 0 Å². The molecule has 1 aliphatic heterocycles. The van der Waals surface area contributed by atoms with E-state index in [1.54, 1.807) is 18.5 Å². The van der Waals surface area contributed by atoms with Crippen molar-refractivity contribution in [3.8, 4) is 0 Å². The van der Waals surface area contributed by atoms with E-state index in [9.17, 15) is 0 Å². The molecule has 2 nitrogen and oxygen atoms in total. The van der Waals surface area contributed by atoms with Crippen LogP contribution >= 0.6 is 0 Å². The van der Waals surface area contributed by atoms with Gasteiger partial charge in [0.2, 0.25) is 0 Å². The van der Waals surface area contributed by atoms with Gasteiger partial charge in [0.05, 0.1) is 12.5 Å². The van der Waals surface area contributed by atoms with Crippen LogP contribution in [0.3, 0.4) is 0 Å². The normalized spacial score (nSPS) is 16.9. The zero-order valence-electron chi connectivity index (χ0n) is 4.37. The molecule has 0 spiro atoms. The van der Waals surface area contributed by atoms with Gasteiger partial charge >= 0.3 is 0 Å². The predicted molar refractivity (Wildman–Crippen MR) is 32.2 cm³/mol. The quantitative estimate of drug-likeness (QED) is 0.458. The molecule has 0 atom stereocenters. The van der Waals surface area contributed by atoms with E-state index in [0.29, 0.717) is 5.76 Å². The molecule has 0 aromatic rings. The van der Waals surface area contributed by atoms with Gasteiger partial charge in [-0.25, -0.2) is 0 Å². The summed E-state index contributed by atoms with van der Waals surface area (Å²) in [7, 11) is 0. The van der Waals surface area contributed by atoms with Crippen LogP contribution in [0.5, 0.6) is 0 Å². The molecule has 1 heterocycles. The van der Waals surface area contributed by atoms with Gasteiger partial charge in [0.15, 0.2) is 0 Å². The van der Waals surface area contributed by atoms with E-state index >= 15 is 0 Å². The molecule has 0 unspecified atom stereocenters. The maximum atomic E-state index is 4.85. The highest BCUT2D eigenvalue weighted by molar-refractivity contribution is 5.71. The van der Waals surface area contributed by atoms with E-state index in [4.69, 9.17) is 4.74 Å². The third kappa shape index (κ3) is 1.22. The van der Waals surface area contributed by atoms with E-state index < -0.39 is 0 Å². The zero-order valence-corrected chi connectivity index (χ0v) is 4.37. The van der Waals surface area contributed by atoms with Gasteiger partial charge in [-0.15, -0.1) is 0 Å². The minimum atomic E-state index is 0.565. The second kappa shape index (κ2) is 2.31. The lowest BCUT2D eigenvalue weighted by atomic mass is 10.6. The molecule has 0 aromatic heterocycles. The first-order valence-electron chi connectivity index (χ1n) is 2.27. The Labute approximate surface area is 48.2 Å². The number of aliphatic imine (C=N–C) groups is 1. The molecule has 2 heteroatoms. The summed E-state index contributed by atoms with van der Waals surface area (Å²) in [5.74, 6) is 0.565. The zero-order chi connectivity index (χ0) is 5.82. The average molecular weight is 108 g/mol. The van der Waals surface area contributed by atoms with E-state index in [0.717, 1.165) is 0 Å². The van der Waals surface area contributed by atoms with E-state index in [1.165, 1.54) is 6.26 Å². The largest absolute Gasteiger partial charge is 0.468 e. The lowest BCUT2D eigenvalue weighted by molar-refractivity contribution is 0.367. The summed E-state index contributed by atoms with van der Waals surface area (Å²) >= 11 is 0. The third-order valence-corrected chi connectivity index (χ3v) is 0.689. The number of allylic oxidation sites excluding steroid dienone is 2. The monoisotopic (exact) mass is 108 g/mol. The number of ether oxygens (including phenoxy) is 1. The molecular formula is C6H6NO. The summed E-state index contributed by atoms with van der Waals surface area (Å²) in [6.07, 6.45) is 6.43. The van der Waals surface area contributed by atoms with Gasteiger partial charge in [0.1, 0.15) is 5.76 Å². The summed E-state index contributed by atoms with van der Waals surface area (Å²) in [5, 5.41) is 0. The minimum Gasteiger partial charge on any atom is -0.468 e. The Balaban J connectivity index is 2.69. The number of nitrogens with zero attached hydrogens (tertiary/aromatic N) is 1. The first-order chi connectivity index (χ1) is 3.89. The van der Waals surface area contributed by atoms with Crippen molar-refractivity contribution in [2.45, 2.75) is 0 Å². The van der Waals surface area contributed by atoms with Crippen LogP contribution in [0.25, 0.3) is 0 Å². The van der Waals surface area contributed by atoms with Crippen molar-refractivity contribution in [3.05, 3.63) is 31.2 Å². The van der Waals surface area contributed by atoms with Gasteiger partial charge in [0, 0.05) is 13.1 Å². The van der Waals surface area contributed by atoms with Crippen LogP contribution in [0.1, 0.15) is 0 Å². The standard InChI is InChI=1S/C6H6NO/c1-6-5-7-3-2-4-8-6/h2-5H,1H2. The van der Waals surface area contributed by atoms with Crippen LogP contribution < -0.4 is 0 Å². The molecule has 1 rings (SSSR count). The lowest BCUT2D eigenvalue weighted by Crippen LogP contribution is -1.73. The van der Waals surface area contributed by atoms with Crippen LogP contribution in [-0.2, 0) is 4.74 Å². The van der Waals surface area contributed by atoms with Crippen molar-refractivity contribution in [3.63, 3.8) is 0 Å². The summed E-state index contributed by atoms with van der Waals surface area (Å²) in [6, 6.07) is 0. The van der Waals surface area contributed by atoms with Crippen molar-refractivity contribution >= 4 is 6.21 Å². The first-order valence-corrected chi connectivity index (χ1v) is 2.27. The number of hydrogen-bond acceptors (Lipinski definition) is 2. The van der Waals surface area contributed by atoms with Crippen LogP contribution in [0.2, 0.25) is 0 Å².